The Morgan fingerprint density at radius 1 is 1.29 bits per heavy atom. The number of hydrogen-bond donors (Lipinski definition) is 2. The van der Waals surface area contributed by atoms with Crippen molar-refractivity contribution in [2.45, 2.75) is 0 Å². The predicted molar refractivity (Wildman–Crippen MR) is 63.0 cm³/mol. The summed E-state index contributed by atoms with van der Waals surface area (Å²) in [5.74, 6) is -0.219. The molecule has 0 unspecified atom stereocenters. The molecule has 17 heavy (non-hydrogen) atoms. The molecule has 0 fully saturated rings. The van der Waals surface area contributed by atoms with Gasteiger partial charge in [0.1, 0.15) is 11.6 Å². The number of nitrogens with two attached hydrogens (primary N) is 1. The minimum atomic E-state index is -0.507. The van der Waals surface area contributed by atoms with Crippen LogP contribution in [0.4, 0.5) is 21.6 Å². The van der Waals surface area contributed by atoms with Crippen LogP contribution in [-0.4, -0.2) is 4.98 Å². The van der Waals surface area contributed by atoms with Gasteiger partial charge in [0.05, 0.1) is 23.0 Å². The maximum atomic E-state index is 13.6. The van der Waals surface area contributed by atoms with Crippen molar-refractivity contribution >= 4 is 17.2 Å². The third-order valence-corrected chi connectivity index (χ3v) is 2.21. The number of nitrogens with zero attached hydrogens (tertiary/aromatic N) is 2. The van der Waals surface area contributed by atoms with E-state index >= 15 is 0 Å². The molecule has 2 rings (SSSR count). The molecule has 1 heterocycles. The van der Waals surface area contributed by atoms with Crippen LogP contribution >= 0.6 is 0 Å². The first kappa shape index (κ1) is 10.9. The number of hydrogen-bond acceptors (Lipinski definition) is 4. The molecular formula is C12H9FN4. The number of nitrogens with one attached hydrogen (secondary N) is 1. The Morgan fingerprint density at radius 2 is 2.12 bits per heavy atom. The number of benzene rings is 1. The van der Waals surface area contributed by atoms with E-state index in [1.165, 1.54) is 12.1 Å². The van der Waals surface area contributed by atoms with Crippen molar-refractivity contribution in [1.82, 2.24) is 4.98 Å². The SMILES string of the molecule is N#Cc1ccc(Nc2cccnc2N)c(F)c1. The van der Waals surface area contributed by atoms with Crippen molar-refractivity contribution in [2.24, 2.45) is 0 Å². The number of anilines is 3. The van der Waals surface area contributed by atoms with E-state index in [4.69, 9.17) is 11.0 Å². The van der Waals surface area contributed by atoms with Gasteiger partial charge in [0.15, 0.2) is 0 Å². The number of rotatable bonds is 2. The Labute approximate surface area is 97.5 Å². The van der Waals surface area contributed by atoms with E-state index in [1.54, 1.807) is 18.3 Å². The Hall–Kier alpha value is -2.61. The van der Waals surface area contributed by atoms with Gasteiger partial charge < -0.3 is 11.1 Å². The largest absolute Gasteiger partial charge is 0.382 e. The first-order valence-corrected chi connectivity index (χ1v) is 4.88. The van der Waals surface area contributed by atoms with Gasteiger partial charge >= 0.3 is 0 Å². The molecule has 0 amide bonds. The van der Waals surface area contributed by atoms with E-state index in [9.17, 15) is 4.39 Å². The highest BCUT2D eigenvalue weighted by molar-refractivity contribution is 5.69. The van der Waals surface area contributed by atoms with Gasteiger partial charge in [-0.1, -0.05) is 0 Å². The van der Waals surface area contributed by atoms with Crippen LogP contribution in [0.15, 0.2) is 36.5 Å². The number of nitriles is 1. The molecule has 3 N–H and O–H groups in total. The lowest BCUT2D eigenvalue weighted by molar-refractivity contribution is 0.631. The normalized spacial score (nSPS) is 9.65. The van der Waals surface area contributed by atoms with Gasteiger partial charge in [0.25, 0.3) is 0 Å². The van der Waals surface area contributed by atoms with Crippen LogP contribution in [0, 0.1) is 17.1 Å². The first-order valence-electron chi connectivity index (χ1n) is 4.88. The minimum Gasteiger partial charge on any atom is -0.382 e. The van der Waals surface area contributed by atoms with Gasteiger partial charge in [-0.2, -0.15) is 5.26 Å². The molecule has 0 saturated carbocycles. The standard InChI is InChI=1S/C12H9FN4/c13-9-6-8(7-14)3-4-10(9)17-11-2-1-5-16-12(11)15/h1-6,17H,(H2,15,16). The van der Waals surface area contributed by atoms with Gasteiger partial charge in [-0.25, -0.2) is 9.37 Å². The fraction of sp³-hybridized carbons (Fsp3) is 0. The third kappa shape index (κ3) is 2.32. The lowest BCUT2D eigenvalue weighted by Crippen LogP contribution is -1.99. The summed E-state index contributed by atoms with van der Waals surface area (Å²) in [6.07, 6.45) is 1.55. The molecule has 0 saturated heterocycles. The molecule has 1 aromatic carbocycles. The summed E-state index contributed by atoms with van der Waals surface area (Å²) in [5, 5.41) is 11.4. The molecule has 0 radical (unpaired) electrons. The Balaban J connectivity index is 2.32. The summed E-state index contributed by atoms with van der Waals surface area (Å²) in [6, 6.07) is 9.43. The van der Waals surface area contributed by atoms with Gasteiger partial charge in [0, 0.05) is 6.20 Å². The minimum absolute atomic E-state index is 0.253. The van der Waals surface area contributed by atoms with Crippen LogP contribution < -0.4 is 11.1 Å². The highest BCUT2D eigenvalue weighted by Gasteiger charge is 2.05. The monoisotopic (exact) mass is 228 g/mol. The second-order valence-electron chi connectivity index (χ2n) is 3.37. The number of halogens is 1. The average molecular weight is 228 g/mol. The molecule has 0 aliphatic carbocycles. The van der Waals surface area contributed by atoms with Crippen molar-refractivity contribution in [2.75, 3.05) is 11.1 Å². The molecule has 0 spiro atoms. The Bertz CT molecular complexity index is 589. The summed E-state index contributed by atoms with van der Waals surface area (Å²) in [6.45, 7) is 0. The number of pyridine rings is 1. The van der Waals surface area contributed by atoms with Crippen LogP contribution in [0.2, 0.25) is 0 Å². The lowest BCUT2D eigenvalue weighted by Gasteiger charge is -2.09. The Morgan fingerprint density at radius 3 is 2.76 bits per heavy atom. The van der Waals surface area contributed by atoms with E-state index in [1.807, 2.05) is 6.07 Å². The number of aromatic nitrogens is 1. The molecule has 84 valence electrons. The van der Waals surface area contributed by atoms with Gasteiger partial charge in [0.2, 0.25) is 0 Å². The van der Waals surface area contributed by atoms with Crippen molar-refractivity contribution in [3.05, 3.63) is 47.9 Å². The smallest absolute Gasteiger partial charge is 0.147 e. The third-order valence-electron chi connectivity index (χ3n) is 2.21. The van der Waals surface area contributed by atoms with E-state index < -0.39 is 5.82 Å². The molecule has 1 aromatic heterocycles. The average Bonchev–Trinajstić information content (AvgIpc) is 2.34. The first-order chi connectivity index (χ1) is 8.20. The summed E-state index contributed by atoms with van der Waals surface area (Å²) < 4.78 is 13.6. The van der Waals surface area contributed by atoms with Crippen LogP contribution in [0.25, 0.3) is 0 Å². The van der Waals surface area contributed by atoms with Crippen molar-refractivity contribution in [3.8, 4) is 6.07 Å². The van der Waals surface area contributed by atoms with Crippen LogP contribution in [0.3, 0.4) is 0 Å². The molecule has 2 aromatic rings. The van der Waals surface area contributed by atoms with Crippen LogP contribution in [-0.2, 0) is 0 Å². The maximum Gasteiger partial charge on any atom is 0.147 e. The highest BCUT2D eigenvalue weighted by Crippen LogP contribution is 2.23. The van der Waals surface area contributed by atoms with Crippen LogP contribution in [0.1, 0.15) is 5.56 Å². The molecular weight excluding hydrogens is 219 g/mol. The summed E-state index contributed by atoms with van der Waals surface area (Å²) >= 11 is 0. The second kappa shape index (κ2) is 4.49. The summed E-state index contributed by atoms with van der Waals surface area (Å²) in [7, 11) is 0. The fourth-order valence-corrected chi connectivity index (χ4v) is 1.35. The quantitative estimate of drug-likeness (QED) is 0.827. The van der Waals surface area contributed by atoms with E-state index in [-0.39, 0.29) is 17.1 Å². The lowest BCUT2D eigenvalue weighted by atomic mass is 10.2. The molecule has 0 bridgehead atoms. The van der Waals surface area contributed by atoms with Gasteiger partial charge in [-0.3, -0.25) is 0 Å². The maximum absolute atomic E-state index is 13.6. The van der Waals surface area contributed by atoms with Crippen LogP contribution in [0.5, 0.6) is 0 Å². The molecule has 5 heteroatoms. The Kier molecular flexibility index (Phi) is 2.88. The topological polar surface area (TPSA) is 74.7 Å². The molecule has 0 aliphatic rings. The number of nitrogen functional groups attached to an aromatic ring is 1. The predicted octanol–water partition coefficient (Wildman–Crippen LogP) is 2.42. The second-order valence-corrected chi connectivity index (χ2v) is 3.37. The van der Waals surface area contributed by atoms with E-state index in [0.29, 0.717) is 5.69 Å². The van der Waals surface area contributed by atoms with E-state index in [2.05, 4.69) is 10.3 Å². The van der Waals surface area contributed by atoms with Crippen molar-refractivity contribution in [1.29, 1.82) is 5.26 Å². The van der Waals surface area contributed by atoms with Crippen molar-refractivity contribution in [3.63, 3.8) is 0 Å². The molecule has 0 aliphatic heterocycles. The van der Waals surface area contributed by atoms with Gasteiger partial charge in [-0.15, -0.1) is 0 Å². The summed E-state index contributed by atoms with van der Waals surface area (Å²) in [4.78, 5) is 3.88. The molecule has 0 atom stereocenters. The zero-order valence-corrected chi connectivity index (χ0v) is 8.81. The zero-order chi connectivity index (χ0) is 12.3. The zero-order valence-electron chi connectivity index (χ0n) is 8.81. The van der Waals surface area contributed by atoms with E-state index in [0.717, 1.165) is 6.07 Å². The van der Waals surface area contributed by atoms with Gasteiger partial charge in [-0.05, 0) is 30.3 Å². The molecule has 4 nitrogen and oxygen atoms in total. The summed E-state index contributed by atoms with van der Waals surface area (Å²) in [5.41, 5.74) is 6.67. The fourth-order valence-electron chi connectivity index (χ4n) is 1.35. The van der Waals surface area contributed by atoms with Crippen molar-refractivity contribution < 1.29 is 4.39 Å². The highest BCUT2D eigenvalue weighted by atomic mass is 19.1.